The molecule has 0 unspecified atom stereocenters. The third-order valence-corrected chi connectivity index (χ3v) is 3.21. The summed E-state index contributed by atoms with van der Waals surface area (Å²) in [5.74, 6) is 0.604. The number of hydrogen-bond acceptors (Lipinski definition) is 3. The molecule has 0 fully saturated rings. The monoisotopic (exact) mass is 280 g/mol. The molecule has 1 aromatic rings. The second-order valence-corrected chi connectivity index (χ2v) is 5.64. The van der Waals surface area contributed by atoms with Gasteiger partial charge in [0.15, 0.2) is 0 Å². The van der Waals surface area contributed by atoms with Crippen LogP contribution in [0.5, 0.6) is 0 Å². The molecule has 0 heterocycles. The topological polar surface area (TPSA) is 38.5 Å². The summed E-state index contributed by atoms with van der Waals surface area (Å²) in [6, 6.07) is 6.24. The lowest BCUT2D eigenvalue weighted by atomic mass is 10.1. The first-order chi connectivity index (χ1) is 8.95. The number of anilines is 1. The lowest BCUT2D eigenvalue weighted by Gasteiger charge is -2.27. The Morgan fingerprint density at radius 3 is 2.58 bits per heavy atom. The van der Waals surface area contributed by atoms with E-state index in [0.29, 0.717) is 10.9 Å². The standard InChI is InChI=1S/C15H24N2OS/c1-11(2)10-17(7-8-18-4)13-5-6-14(15(16)19)12(3)9-13/h5-6,9,11H,7-8,10H2,1-4H3,(H2,16,19). The number of methoxy groups -OCH3 is 1. The molecule has 4 heteroatoms. The summed E-state index contributed by atoms with van der Waals surface area (Å²) in [4.78, 5) is 2.79. The van der Waals surface area contributed by atoms with Crippen molar-refractivity contribution >= 4 is 22.9 Å². The molecule has 0 saturated carbocycles. The molecular weight excluding hydrogens is 256 g/mol. The second-order valence-electron chi connectivity index (χ2n) is 5.20. The summed E-state index contributed by atoms with van der Waals surface area (Å²) >= 11 is 5.04. The summed E-state index contributed by atoms with van der Waals surface area (Å²) in [5, 5.41) is 0. The highest BCUT2D eigenvalue weighted by Gasteiger charge is 2.10. The number of ether oxygens (including phenoxy) is 1. The van der Waals surface area contributed by atoms with Gasteiger partial charge in [0.25, 0.3) is 0 Å². The Morgan fingerprint density at radius 1 is 1.42 bits per heavy atom. The normalized spacial score (nSPS) is 10.8. The van der Waals surface area contributed by atoms with E-state index in [9.17, 15) is 0 Å². The van der Waals surface area contributed by atoms with E-state index in [0.717, 1.165) is 30.8 Å². The minimum absolute atomic E-state index is 0.455. The molecule has 2 N–H and O–H groups in total. The molecule has 3 nitrogen and oxygen atoms in total. The third kappa shape index (κ3) is 4.80. The summed E-state index contributed by atoms with van der Waals surface area (Å²) in [7, 11) is 1.73. The number of rotatable bonds is 7. The fourth-order valence-electron chi connectivity index (χ4n) is 2.09. The van der Waals surface area contributed by atoms with E-state index in [1.807, 2.05) is 13.0 Å². The molecule has 0 aliphatic rings. The highest BCUT2D eigenvalue weighted by molar-refractivity contribution is 7.80. The Balaban J connectivity index is 2.95. The first kappa shape index (κ1) is 15.9. The highest BCUT2D eigenvalue weighted by atomic mass is 32.1. The first-order valence-electron chi connectivity index (χ1n) is 6.60. The van der Waals surface area contributed by atoms with E-state index in [2.05, 4.69) is 30.9 Å². The highest BCUT2D eigenvalue weighted by Crippen LogP contribution is 2.20. The van der Waals surface area contributed by atoms with Gasteiger partial charge in [-0.05, 0) is 36.6 Å². The van der Waals surface area contributed by atoms with Crippen LogP contribution in [0.1, 0.15) is 25.0 Å². The zero-order valence-corrected chi connectivity index (χ0v) is 13.1. The van der Waals surface area contributed by atoms with Crippen molar-refractivity contribution in [2.45, 2.75) is 20.8 Å². The number of benzene rings is 1. The number of aryl methyl sites for hydroxylation is 1. The molecule has 1 aromatic carbocycles. The zero-order valence-electron chi connectivity index (χ0n) is 12.3. The summed E-state index contributed by atoms with van der Waals surface area (Å²) in [6.45, 7) is 9.10. The van der Waals surface area contributed by atoms with Crippen LogP contribution in [0.2, 0.25) is 0 Å². The summed E-state index contributed by atoms with van der Waals surface area (Å²) in [5.41, 5.74) is 8.97. The minimum atomic E-state index is 0.455. The van der Waals surface area contributed by atoms with Gasteiger partial charge in [0.2, 0.25) is 0 Å². The maximum atomic E-state index is 5.70. The average Bonchev–Trinajstić information content (AvgIpc) is 2.33. The Hall–Kier alpha value is -1.13. The van der Waals surface area contributed by atoms with Gasteiger partial charge in [-0.3, -0.25) is 0 Å². The molecule has 0 aromatic heterocycles. The smallest absolute Gasteiger partial charge is 0.104 e. The van der Waals surface area contributed by atoms with Crippen molar-refractivity contribution in [3.63, 3.8) is 0 Å². The number of nitrogens with two attached hydrogens (primary N) is 1. The fraction of sp³-hybridized carbons (Fsp3) is 0.533. The van der Waals surface area contributed by atoms with Gasteiger partial charge in [-0.1, -0.05) is 26.1 Å². The van der Waals surface area contributed by atoms with Crippen molar-refractivity contribution < 1.29 is 4.74 Å². The van der Waals surface area contributed by atoms with Gasteiger partial charge >= 0.3 is 0 Å². The lowest BCUT2D eigenvalue weighted by molar-refractivity contribution is 0.204. The Morgan fingerprint density at radius 2 is 2.11 bits per heavy atom. The van der Waals surface area contributed by atoms with Crippen molar-refractivity contribution in [2.75, 3.05) is 31.7 Å². The van der Waals surface area contributed by atoms with E-state index in [1.54, 1.807) is 7.11 Å². The molecule has 0 radical (unpaired) electrons. The van der Waals surface area contributed by atoms with Crippen LogP contribution in [0.25, 0.3) is 0 Å². The molecule has 1 rings (SSSR count). The van der Waals surface area contributed by atoms with Crippen molar-refractivity contribution in [3.05, 3.63) is 29.3 Å². The van der Waals surface area contributed by atoms with Crippen LogP contribution in [-0.4, -0.2) is 31.8 Å². The van der Waals surface area contributed by atoms with Crippen LogP contribution in [0.15, 0.2) is 18.2 Å². The second kappa shape index (κ2) is 7.46. The Bertz CT molecular complexity index is 432. The largest absolute Gasteiger partial charge is 0.389 e. The Kier molecular flexibility index (Phi) is 6.25. The maximum Gasteiger partial charge on any atom is 0.104 e. The molecule has 19 heavy (non-hydrogen) atoms. The van der Waals surface area contributed by atoms with Crippen LogP contribution in [-0.2, 0) is 4.74 Å². The third-order valence-electron chi connectivity index (χ3n) is 2.99. The molecule has 0 spiro atoms. The van der Waals surface area contributed by atoms with Gasteiger partial charge in [-0.25, -0.2) is 0 Å². The maximum absolute atomic E-state index is 5.70. The first-order valence-corrected chi connectivity index (χ1v) is 7.01. The van der Waals surface area contributed by atoms with E-state index in [1.165, 1.54) is 5.69 Å². The van der Waals surface area contributed by atoms with Crippen molar-refractivity contribution in [1.29, 1.82) is 0 Å². The van der Waals surface area contributed by atoms with Crippen LogP contribution >= 0.6 is 12.2 Å². The van der Waals surface area contributed by atoms with Crippen LogP contribution in [0, 0.1) is 12.8 Å². The zero-order chi connectivity index (χ0) is 14.4. The van der Waals surface area contributed by atoms with Crippen LogP contribution in [0.3, 0.4) is 0 Å². The summed E-state index contributed by atoms with van der Waals surface area (Å²) in [6.07, 6.45) is 0. The molecule has 0 atom stereocenters. The van der Waals surface area contributed by atoms with E-state index >= 15 is 0 Å². The van der Waals surface area contributed by atoms with Gasteiger partial charge in [0.1, 0.15) is 4.99 Å². The van der Waals surface area contributed by atoms with E-state index in [4.69, 9.17) is 22.7 Å². The molecule has 0 aliphatic heterocycles. The predicted octanol–water partition coefficient (Wildman–Crippen LogP) is 2.74. The number of hydrogen-bond donors (Lipinski definition) is 1. The average molecular weight is 280 g/mol. The molecule has 0 bridgehead atoms. The van der Waals surface area contributed by atoms with Gasteiger partial charge in [0, 0.05) is 31.5 Å². The molecule has 0 saturated heterocycles. The van der Waals surface area contributed by atoms with Gasteiger partial charge in [-0.2, -0.15) is 0 Å². The summed E-state index contributed by atoms with van der Waals surface area (Å²) < 4.78 is 5.19. The lowest BCUT2D eigenvalue weighted by Crippen LogP contribution is -2.31. The SMILES string of the molecule is COCCN(CC(C)C)c1ccc(C(N)=S)c(C)c1. The van der Waals surface area contributed by atoms with E-state index in [-0.39, 0.29) is 0 Å². The van der Waals surface area contributed by atoms with Gasteiger partial charge < -0.3 is 15.4 Å². The quantitative estimate of drug-likeness (QED) is 0.780. The van der Waals surface area contributed by atoms with Crippen molar-refractivity contribution in [2.24, 2.45) is 11.7 Å². The van der Waals surface area contributed by atoms with Crippen molar-refractivity contribution in [1.82, 2.24) is 0 Å². The van der Waals surface area contributed by atoms with Gasteiger partial charge in [0.05, 0.1) is 6.61 Å². The Labute approximate surface area is 121 Å². The predicted molar refractivity (Wildman–Crippen MR) is 86.0 cm³/mol. The molecule has 106 valence electrons. The van der Waals surface area contributed by atoms with Crippen molar-refractivity contribution in [3.8, 4) is 0 Å². The van der Waals surface area contributed by atoms with Crippen LogP contribution < -0.4 is 10.6 Å². The van der Waals surface area contributed by atoms with Crippen LogP contribution in [0.4, 0.5) is 5.69 Å². The number of thiocarbonyl (C=S) groups is 1. The molecule has 0 aliphatic carbocycles. The fourth-order valence-corrected chi connectivity index (χ4v) is 2.32. The minimum Gasteiger partial charge on any atom is -0.389 e. The van der Waals surface area contributed by atoms with Gasteiger partial charge in [-0.15, -0.1) is 0 Å². The molecular formula is C15H24N2OS. The molecule has 0 amide bonds. The number of nitrogens with zero attached hydrogens (tertiary/aromatic N) is 1. The van der Waals surface area contributed by atoms with E-state index < -0.39 is 0 Å².